The van der Waals surface area contributed by atoms with Gasteiger partial charge in [-0.05, 0) is 48.9 Å². The monoisotopic (exact) mass is 359 g/mol. The van der Waals surface area contributed by atoms with Gasteiger partial charge in [0, 0.05) is 4.47 Å². The van der Waals surface area contributed by atoms with Gasteiger partial charge >= 0.3 is 5.97 Å². The van der Waals surface area contributed by atoms with Crippen LogP contribution in [0.15, 0.2) is 53.0 Å². The van der Waals surface area contributed by atoms with Gasteiger partial charge in [-0.3, -0.25) is 0 Å². The Morgan fingerprint density at radius 2 is 1.82 bits per heavy atom. The first kappa shape index (κ1) is 16.1. The van der Waals surface area contributed by atoms with Crippen molar-refractivity contribution in [3.05, 3.63) is 64.1 Å². The molecule has 1 atom stereocenters. The molecule has 0 fully saturated rings. The Bertz CT molecular complexity index is 675. The molecule has 2 aromatic rings. The summed E-state index contributed by atoms with van der Waals surface area (Å²) in [5.41, 5.74) is 1.39. The Kier molecular flexibility index (Phi) is 5.56. The van der Waals surface area contributed by atoms with Crippen LogP contribution in [0, 0.1) is 11.3 Å². The zero-order chi connectivity index (χ0) is 15.9. The minimum Gasteiger partial charge on any atom is -0.479 e. The Labute approximate surface area is 137 Å². The molecule has 0 aliphatic rings. The third-order valence-electron chi connectivity index (χ3n) is 2.92. The summed E-state index contributed by atoms with van der Waals surface area (Å²) in [5.74, 6) is 0.165. The molecule has 112 valence electrons. The summed E-state index contributed by atoms with van der Waals surface area (Å²) in [4.78, 5) is 11.9. The molecule has 0 saturated carbocycles. The lowest BCUT2D eigenvalue weighted by molar-refractivity contribution is -0.152. The first-order valence-corrected chi connectivity index (χ1v) is 7.45. The fourth-order valence-electron chi connectivity index (χ4n) is 1.71. The van der Waals surface area contributed by atoms with Crippen LogP contribution in [0.1, 0.15) is 18.1 Å². The van der Waals surface area contributed by atoms with Crippen LogP contribution < -0.4 is 4.74 Å². The highest BCUT2D eigenvalue weighted by Crippen LogP contribution is 2.17. The van der Waals surface area contributed by atoms with Gasteiger partial charge in [-0.15, -0.1) is 0 Å². The molecular formula is C17H14BrNO3. The van der Waals surface area contributed by atoms with E-state index in [2.05, 4.69) is 15.9 Å². The van der Waals surface area contributed by atoms with Crippen molar-refractivity contribution in [2.45, 2.75) is 19.6 Å². The van der Waals surface area contributed by atoms with Crippen LogP contribution in [0.5, 0.6) is 5.75 Å². The van der Waals surface area contributed by atoms with Gasteiger partial charge in [0.2, 0.25) is 0 Å². The van der Waals surface area contributed by atoms with E-state index in [0.717, 1.165) is 10.0 Å². The molecule has 0 heterocycles. The summed E-state index contributed by atoms with van der Waals surface area (Å²) in [6.07, 6.45) is -0.695. The predicted octanol–water partition coefficient (Wildman–Crippen LogP) is 3.83. The van der Waals surface area contributed by atoms with E-state index in [-0.39, 0.29) is 6.61 Å². The van der Waals surface area contributed by atoms with Crippen LogP contribution in [-0.2, 0) is 16.1 Å². The second-order valence-corrected chi connectivity index (χ2v) is 5.55. The van der Waals surface area contributed by atoms with E-state index >= 15 is 0 Å². The minimum absolute atomic E-state index is 0.151. The lowest BCUT2D eigenvalue weighted by Crippen LogP contribution is -2.26. The first-order valence-electron chi connectivity index (χ1n) is 6.66. The van der Waals surface area contributed by atoms with Crippen LogP contribution in [0.4, 0.5) is 0 Å². The smallest absolute Gasteiger partial charge is 0.347 e. The van der Waals surface area contributed by atoms with Gasteiger partial charge in [0.25, 0.3) is 0 Å². The molecule has 0 amide bonds. The lowest BCUT2D eigenvalue weighted by Gasteiger charge is -2.14. The van der Waals surface area contributed by atoms with Gasteiger partial charge in [0.05, 0.1) is 11.6 Å². The largest absolute Gasteiger partial charge is 0.479 e. The number of carbonyl (C=O) groups excluding carboxylic acids is 1. The number of rotatable bonds is 5. The number of esters is 1. The molecule has 0 spiro atoms. The molecule has 2 rings (SSSR count). The molecule has 0 aliphatic heterocycles. The van der Waals surface area contributed by atoms with E-state index in [1.54, 1.807) is 43.3 Å². The van der Waals surface area contributed by atoms with E-state index < -0.39 is 12.1 Å². The highest BCUT2D eigenvalue weighted by Gasteiger charge is 2.16. The Balaban J connectivity index is 1.85. The van der Waals surface area contributed by atoms with Crippen molar-refractivity contribution in [1.82, 2.24) is 0 Å². The standard InChI is InChI=1S/C17H14BrNO3/c1-12(22-16-8-6-15(18)7-9-16)17(20)21-11-14-4-2-13(10-19)3-5-14/h2-9,12H,11H2,1H3/t12-/m0/s1. The van der Waals surface area contributed by atoms with Crippen LogP contribution in [0.2, 0.25) is 0 Å². The quantitative estimate of drug-likeness (QED) is 0.761. The summed E-state index contributed by atoms with van der Waals surface area (Å²) >= 11 is 3.33. The third-order valence-corrected chi connectivity index (χ3v) is 3.45. The summed E-state index contributed by atoms with van der Waals surface area (Å²) < 4.78 is 11.7. The maximum atomic E-state index is 11.9. The van der Waals surface area contributed by atoms with Crippen molar-refractivity contribution in [2.75, 3.05) is 0 Å². The van der Waals surface area contributed by atoms with E-state index in [1.807, 2.05) is 18.2 Å². The van der Waals surface area contributed by atoms with Crippen LogP contribution in [-0.4, -0.2) is 12.1 Å². The van der Waals surface area contributed by atoms with Crippen molar-refractivity contribution >= 4 is 21.9 Å². The van der Waals surface area contributed by atoms with E-state index in [9.17, 15) is 4.79 Å². The molecule has 5 heteroatoms. The van der Waals surface area contributed by atoms with Crippen LogP contribution >= 0.6 is 15.9 Å². The predicted molar refractivity (Wildman–Crippen MR) is 85.2 cm³/mol. The van der Waals surface area contributed by atoms with Gasteiger partial charge in [0.1, 0.15) is 12.4 Å². The molecule has 0 aromatic heterocycles. The van der Waals surface area contributed by atoms with Crippen LogP contribution in [0.25, 0.3) is 0 Å². The molecule has 4 nitrogen and oxygen atoms in total. The van der Waals surface area contributed by atoms with Crippen molar-refractivity contribution in [2.24, 2.45) is 0 Å². The minimum atomic E-state index is -0.695. The van der Waals surface area contributed by atoms with Crippen molar-refractivity contribution < 1.29 is 14.3 Å². The number of benzene rings is 2. The topological polar surface area (TPSA) is 59.3 Å². The van der Waals surface area contributed by atoms with Gasteiger partial charge in [-0.1, -0.05) is 28.1 Å². The molecular weight excluding hydrogens is 346 g/mol. The SMILES string of the molecule is C[C@H](Oc1ccc(Br)cc1)C(=O)OCc1ccc(C#N)cc1. The second kappa shape index (κ2) is 7.62. The summed E-state index contributed by atoms with van der Waals surface area (Å²) in [5, 5.41) is 8.72. The number of halogens is 1. The Morgan fingerprint density at radius 3 is 2.41 bits per heavy atom. The molecule has 0 bridgehead atoms. The summed E-state index contributed by atoms with van der Waals surface area (Å²) in [7, 11) is 0. The summed E-state index contributed by atoms with van der Waals surface area (Å²) in [6.45, 7) is 1.79. The van der Waals surface area contributed by atoms with E-state index in [1.165, 1.54) is 0 Å². The first-order chi connectivity index (χ1) is 10.6. The highest BCUT2D eigenvalue weighted by molar-refractivity contribution is 9.10. The van der Waals surface area contributed by atoms with E-state index in [0.29, 0.717) is 11.3 Å². The van der Waals surface area contributed by atoms with E-state index in [4.69, 9.17) is 14.7 Å². The van der Waals surface area contributed by atoms with Gasteiger partial charge in [-0.25, -0.2) is 4.79 Å². The lowest BCUT2D eigenvalue weighted by atomic mass is 10.2. The average molecular weight is 360 g/mol. The van der Waals surface area contributed by atoms with Gasteiger partial charge in [-0.2, -0.15) is 5.26 Å². The highest BCUT2D eigenvalue weighted by atomic mass is 79.9. The van der Waals surface area contributed by atoms with Crippen molar-refractivity contribution in [3.63, 3.8) is 0 Å². The number of carbonyl (C=O) groups is 1. The fraction of sp³-hybridized carbons (Fsp3) is 0.176. The molecule has 2 aromatic carbocycles. The average Bonchev–Trinajstić information content (AvgIpc) is 2.55. The molecule has 22 heavy (non-hydrogen) atoms. The molecule has 0 radical (unpaired) electrons. The Hall–Kier alpha value is -2.32. The fourth-order valence-corrected chi connectivity index (χ4v) is 1.98. The number of hydrogen-bond donors (Lipinski definition) is 0. The van der Waals surface area contributed by atoms with Crippen molar-refractivity contribution in [1.29, 1.82) is 5.26 Å². The third kappa shape index (κ3) is 4.61. The zero-order valence-corrected chi connectivity index (χ0v) is 13.5. The van der Waals surface area contributed by atoms with Crippen molar-refractivity contribution in [3.8, 4) is 11.8 Å². The number of ether oxygens (including phenoxy) is 2. The second-order valence-electron chi connectivity index (χ2n) is 4.63. The maximum absolute atomic E-state index is 11.9. The normalized spacial score (nSPS) is 11.3. The summed E-state index contributed by atoms with van der Waals surface area (Å²) in [6, 6.07) is 16.1. The Morgan fingerprint density at radius 1 is 1.18 bits per heavy atom. The number of nitriles is 1. The molecule has 0 saturated heterocycles. The maximum Gasteiger partial charge on any atom is 0.347 e. The molecule has 0 N–H and O–H groups in total. The van der Waals surface area contributed by atoms with Gasteiger partial charge in [0.15, 0.2) is 6.10 Å². The van der Waals surface area contributed by atoms with Crippen LogP contribution in [0.3, 0.4) is 0 Å². The zero-order valence-electron chi connectivity index (χ0n) is 12.0. The molecule has 0 aliphatic carbocycles. The number of nitrogens with zero attached hydrogens (tertiary/aromatic N) is 1. The molecule has 0 unspecified atom stereocenters. The number of hydrogen-bond acceptors (Lipinski definition) is 4. The van der Waals surface area contributed by atoms with Gasteiger partial charge < -0.3 is 9.47 Å².